The molecule has 228 valence electrons. The van der Waals surface area contributed by atoms with Crippen LogP contribution < -0.4 is 15.6 Å². The molecule has 3 amide bonds. The second kappa shape index (κ2) is 13.0. The Morgan fingerprint density at radius 1 is 1.30 bits per heavy atom. The van der Waals surface area contributed by atoms with Crippen LogP contribution in [0.3, 0.4) is 0 Å². The lowest BCUT2D eigenvalue weighted by Gasteiger charge is -2.49. The molecule has 4 N–H and O–H groups in total. The zero-order chi connectivity index (χ0) is 30.7. The third-order valence-electron chi connectivity index (χ3n) is 7.26. The van der Waals surface area contributed by atoms with E-state index in [0.29, 0.717) is 0 Å². The van der Waals surface area contributed by atoms with Crippen molar-refractivity contribution in [1.29, 1.82) is 0 Å². The Morgan fingerprint density at radius 2 is 2.02 bits per heavy atom. The van der Waals surface area contributed by atoms with Gasteiger partial charge in [-0.2, -0.15) is 4.57 Å². The van der Waals surface area contributed by atoms with Gasteiger partial charge in [0.1, 0.15) is 36.2 Å². The molecule has 4 heterocycles. The Balaban J connectivity index is 1.25. The highest BCUT2D eigenvalue weighted by molar-refractivity contribution is 7.99. The number of hydrogen-bond donors (Lipinski definition) is 3. The molecular weight excluding hydrogens is 598 g/mol. The van der Waals surface area contributed by atoms with Crippen LogP contribution in [0, 0.1) is 0 Å². The minimum atomic E-state index is -1.31. The van der Waals surface area contributed by atoms with E-state index >= 15 is 0 Å². The number of β-lactam (4-membered cyclic amide) rings is 1. The largest absolute Gasteiger partial charge is 0.492 e. The number of nitrogens with two attached hydrogens (primary N) is 1. The summed E-state index contributed by atoms with van der Waals surface area (Å²) in [5, 5.41) is 18.5. The molecule has 1 saturated heterocycles. The van der Waals surface area contributed by atoms with Crippen molar-refractivity contribution in [2.45, 2.75) is 55.3 Å². The van der Waals surface area contributed by atoms with Crippen molar-refractivity contribution in [1.82, 2.24) is 20.1 Å². The number of nitrogen functional groups attached to an aromatic ring is 1. The van der Waals surface area contributed by atoms with Crippen LogP contribution in [0.2, 0.25) is 0 Å². The normalized spacial score (nSPS) is 20.3. The first-order chi connectivity index (χ1) is 20.6. The van der Waals surface area contributed by atoms with Gasteiger partial charge >= 0.3 is 5.97 Å². The summed E-state index contributed by atoms with van der Waals surface area (Å²) in [6.07, 6.45) is 7.12. The van der Waals surface area contributed by atoms with E-state index in [1.54, 1.807) is 36.4 Å². The van der Waals surface area contributed by atoms with Gasteiger partial charge in [-0.25, -0.2) is 9.78 Å². The van der Waals surface area contributed by atoms with Crippen LogP contribution in [0.1, 0.15) is 31.4 Å². The summed E-state index contributed by atoms with van der Waals surface area (Å²) in [5.41, 5.74) is 5.62. The number of ether oxygens (including phenoxy) is 1. The van der Waals surface area contributed by atoms with E-state index in [9.17, 15) is 24.3 Å². The molecule has 2 aliphatic heterocycles. The average molecular weight is 631 g/mol. The number of carboxylic acid groups (broad SMARTS) is 1. The van der Waals surface area contributed by atoms with Gasteiger partial charge in [-0.3, -0.25) is 19.3 Å². The number of pyridine rings is 1. The predicted octanol–water partition coefficient (Wildman–Crippen LogP) is 0.579. The number of nitrogens with zero attached hydrogens (tertiary/aromatic N) is 5. The predicted molar refractivity (Wildman–Crippen MR) is 156 cm³/mol. The lowest BCUT2D eigenvalue weighted by Crippen LogP contribution is -2.73. The zero-order valence-electron chi connectivity index (χ0n) is 23.6. The summed E-state index contributed by atoms with van der Waals surface area (Å²) < 4.78 is 7.57. The molecular formula is C27H32N7O7S2+. The van der Waals surface area contributed by atoms with Crippen LogP contribution in [-0.4, -0.2) is 93.9 Å². The molecule has 14 nitrogen and oxygen atoms in total. The summed E-state index contributed by atoms with van der Waals surface area (Å²) in [6.45, 7) is 0.198. The number of oxime groups is 1. The van der Waals surface area contributed by atoms with Crippen molar-refractivity contribution in [3.63, 3.8) is 0 Å². The second-order valence-corrected chi connectivity index (χ2v) is 12.4. The van der Waals surface area contributed by atoms with E-state index in [0.717, 1.165) is 46.8 Å². The highest BCUT2D eigenvalue weighted by Crippen LogP contribution is 2.35. The number of nitrogens with one attached hydrogen (secondary N) is 1. The van der Waals surface area contributed by atoms with Crippen LogP contribution in [0.4, 0.5) is 5.13 Å². The molecule has 3 aliphatic rings. The molecule has 2 atom stereocenters. The summed E-state index contributed by atoms with van der Waals surface area (Å²) in [4.78, 5) is 63.8. The van der Waals surface area contributed by atoms with Gasteiger partial charge in [0.2, 0.25) is 6.54 Å². The van der Waals surface area contributed by atoms with Gasteiger partial charge in [-0.1, -0.05) is 5.16 Å². The number of fused-ring (bicyclic) bond motifs is 1. The number of likely N-dealkylation sites (N-methyl/N-ethyl adjacent to an activating group) is 1. The first kappa shape index (κ1) is 30.3. The van der Waals surface area contributed by atoms with Crippen molar-refractivity contribution >= 4 is 57.6 Å². The number of aromatic nitrogens is 2. The van der Waals surface area contributed by atoms with Gasteiger partial charge in [-0.05, 0) is 25.7 Å². The first-order valence-corrected chi connectivity index (χ1v) is 15.5. The molecule has 5 rings (SSSR count). The van der Waals surface area contributed by atoms with Gasteiger partial charge < -0.3 is 30.6 Å². The number of hydrogen-bond acceptors (Lipinski definition) is 11. The lowest BCUT2D eigenvalue weighted by molar-refractivity contribution is -0.685. The molecule has 0 unspecified atom stereocenters. The molecule has 2 fully saturated rings. The third-order valence-corrected chi connectivity index (χ3v) is 8.95. The highest BCUT2D eigenvalue weighted by atomic mass is 32.2. The van der Waals surface area contributed by atoms with E-state index in [4.69, 9.17) is 15.3 Å². The van der Waals surface area contributed by atoms with E-state index in [1.165, 1.54) is 16.7 Å². The number of rotatable bonds is 11. The number of aliphatic carboxylic acids is 1. The van der Waals surface area contributed by atoms with Crippen molar-refractivity contribution in [3.05, 3.63) is 47.1 Å². The second-order valence-electron chi connectivity index (χ2n) is 10.4. The fraction of sp³-hybridized carbons (Fsp3) is 0.444. The number of amides is 3. The van der Waals surface area contributed by atoms with Crippen LogP contribution in [-0.2, 0) is 35.3 Å². The van der Waals surface area contributed by atoms with Gasteiger partial charge in [0.15, 0.2) is 28.9 Å². The summed E-state index contributed by atoms with van der Waals surface area (Å²) in [7, 11) is 3.37. The van der Waals surface area contributed by atoms with Gasteiger partial charge in [0.05, 0.1) is 5.75 Å². The van der Waals surface area contributed by atoms with Gasteiger partial charge in [-0.15, -0.1) is 23.1 Å². The van der Waals surface area contributed by atoms with Crippen molar-refractivity contribution in [3.8, 4) is 0 Å². The van der Waals surface area contributed by atoms with E-state index < -0.39 is 29.9 Å². The monoisotopic (exact) mass is 630 g/mol. The SMILES string of the molecule is CN(C)C(=O)C[n+]1ccc(SCC2=C(C(=O)O)N3C(=O)[C@@H](NC(=O)/C(=N\OC4CCCC4)c4csc(N)n4)[C@H]3CO2)cc1. The Bertz CT molecular complexity index is 1470. The Morgan fingerprint density at radius 3 is 2.65 bits per heavy atom. The summed E-state index contributed by atoms with van der Waals surface area (Å²) in [5.74, 6) is -2.29. The minimum absolute atomic E-state index is 0.000500. The Labute approximate surface area is 255 Å². The Kier molecular flexibility index (Phi) is 9.15. The molecule has 0 radical (unpaired) electrons. The molecule has 1 aliphatic carbocycles. The fourth-order valence-electron chi connectivity index (χ4n) is 4.89. The Hall–Kier alpha value is -4.18. The lowest BCUT2D eigenvalue weighted by atomic mass is 9.92. The van der Waals surface area contributed by atoms with Crippen molar-refractivity contribution in [2.75, 3.05) is 32.2 Å². The summed E-state index contributed by atoms with van der Waals surface area (Å²) >= 11 is 2.47. The number of thioether (sulfide) groups is 1. The topological polar surface area (TPSA) is 181 Å². The number of carbonyl (C=O) groups excluding carboxylic acids is 3. The summed E-state index contributed by atoms with van der Waals surface area (Å²) in [6, 6.07) is 1.90. The van der Waals surface area contributed by atoms with Crippen LogP contribution in [0.5, 0.6) is 0 Å². The molecule has 2 aromatic rings. The van der Waals surface area contributed by atoms with Crippen molar-refractivity contribution in [2.24, 2.45) is 5.16 Å². The van der Waals surface area contributed by atoms with E-state index in [1.807, 2.05) is 12.1 Å². The fourth-order valence-corrected chi connectivity index (χ4v) is 6.27. The van der Waals surface area contributed by atoms with Crippen LogP contribution in [0.15, 0.2) is 51.4 Å². The van der Waals surface area contributed by atoms with Gasteiger partial charge in [0.25, 0.3) is 17.7 Å². The van der Waals surface area contributed by atoms with Crippen LogP contribution in [0.25, 0.3) is 0 Å². The van der Waals surface area contributed by atoms with Crippen molar-refractivity contribution < 1.29 is 38.4 Å². The van der Waals surface area contributed by atoms with Crippen LogP contribution >= 0.6 is 23.1 Å². The maximum atomic E-state index is 13.3. The highest BCUT2D eigenvalue weighted by Gasteiger charge is 2.55. The number of thiazole rings is 1. The number of anilines is 1. The molecule has 0 spiro atoms. The molecule has 16 heteroatoms. The standard InChI is InChI=1S/C27H31N7O7S2/c1-32(2)20(35)11-33-9-7-16(8-10-33)42-14-19-23(26(38)39)34-18(12-40-19)22(25(34)37)30-24(36)21(17-13-43-27(28)29-17)31-41-15-5-3-4-6-15/h7-10,13,15,18,22H,3-6,11-12,14H2,1-2H3,(H3-,28,29,30,36,38,39)/p+1/b31-21-/t18-,22+/m1/s1. The molecule has 0 aromatic carbocycles. The van der Waals surface area contributed by atoms with Gasteiger partial charge in [0, 0.05) is 36.5 Å². The first-order valence-electron chi connectivity index (χ1n) is 13.6. The quantitative estimate of drug-likeness (QED) is 0.104. The number of carbonyl (C=O) groups is 4. The maximum absolute atomic E-state index is 13.3. The third kappa shape index (κ3) is 6.74. The molecule has 43 heavy (non-hydrogen) atoms. The molecule has 0 bridgehead atoms. The smallest absolute Gasteiger partial charge is 0.356 e. The molecule has 2 aromatic heterocycles. The van der Waals surface area contributed by atoms with E-state index in [-0.39, 0.29) is 58.9 Å². The zero-order valence-corrected chi connectivity index (χ0v) is 25.2. The minimum Gasteiger partial charge on any atom is -0.492 e. The maximum Gasteiger partial charge on any atom is 0.356 e. The van der Waals surface area contributed by atoms with E-state index in [2.05, 4.69) is 15.5 Å². The average Bonchev–Trinajstić information content (AvgIpc) is 3.67. The molecule has 1 saturated carbocycles. The number of carboxylic acids is 1.